The maximum absolute atomic E-state index is 4.32. The van der Waals surface area contributed by atoms with Crippen LogP contribution in [0.25, 0.3) is 10.9 Å². The summed E-state index contributed by atoms with van der Waals surface area (Å²) in [4.78, 5) is 2.54. The van der Waals surface area contributed by atoms with Crippen molar-refractivity contribution in [3.63, 3.8) is 0 Å². The molecule has 84 valence electrons. The molecule has 1 aromatic carbocycles. The van der Waals surface area contributed by atoms with Gasteiger partial charge in [-0.25, -0.2) is 0 Å². The highest BCUT2D eigenvalue weighted by atomic mass is 15.1. The van der Waals surface area contributed by atoms with Gasteiger partial charge in [-0.2, -0.15) is 5.10 Å². The van der Waals surface area contributed by atoms with E-state index in [1.54, 1.807) is 0 Å². The molecule has 3 heteroatoms. The Labute approximate surface area is 95.5 Å². The van der Waals surface area contributed by atoms with E-state index in [4.69, 9.17) is 0 Å². The Bertz CT molecular complexity index is 469. The minimum absolute atomic E-state index is 1.08. The van der Waals surface area contributed by atoms with E-state index in [1.165, 1.54) is 37.0 Å². The molecule has 1 aliphatic heterocycles. The van der Waals surface area contributed by atoms with Crippen molar-refractivity contribution in [1.29, 1.82) is 0 Å². The first-order chi connectivity index (χ1) is 7.93. The fourth-order valence-electron chi connectivity index (χ4n) is 2.48. The summed E-state index contributed by atoms with van der Waals surface area (Å²) in [6.07, 6.45) is 3.81. The quantitative estimate of drug-likeness (QED) is 0.851. The van der Waals surface area contributed by atoms with Crippen molar-refractivity contribution in [3.05, 3.63) is 30.0 Å². The molecule has 1 aliphatic rings. The van der Waals surface area contributed by atoms with Crippen molar-refractivity contribution in [2.24, 2.45) is 0 Å². The molecule has 1 saturated heterocycles. The number of H-pyrrole nitrogens is 1. The lowest BCUT2D eigenvalue weighted by Gasteiger charge is -2.13. The summed E-state index contributed by atoms with van der Waals surface area (Å²) in [5.41, 5.74) is 2.36. The van der Waals surface area contributed by atoms with Gasteiger partial charge in [0.15, 0.2) is 0 Å². The first-order valence-electron chi connectivity index (χ1n) is 6.08. The molecule has 0 aliphatic carbocycles. The van der Waals surface area contributed by atoms with Crippen LogP contribution in [0, 0.1) is 0 Å². The van der Waals surface area contributed by atoms with Gasteiger partial charge in [0.05, 0.1) is 5.52 Å². The molecule has 1 fully saturated rings. The molecule has 0 amide bonds. The second-order valence-corrected chi connectivity index (χ2v) is 4.52. The summed E-state index contributed by atoms with van der Waals surface area (Å²) >= 11 is 0. The summed E-state index contributed by atoms with van der Waals surface area (Å²) in [6, 6.07) is 8.33. The monoisotopic (exact) mass is 215 g/mol. The molecule has 0 saturated carbocycles. The summed E-state index contributed by atoms with van der Waals surface area (Å²) < 4.78 is 0. The smallest absolute Gasteiger partial charge is 0.0923 e. The van der Waals surface area contributed by atoms with Crippen LogP contribution in [-0.2, 0) is 6.42 Å². The minimum atomic E-state index is 1.08. The van der Waals surface area contributed by atoms with Crippen LogP contribution >= 0.6 is 0 Å². The summed E-state index contributed by atoms with van der Waals surface area (Å²) in [5, 5.41) is 8.76. The Hall–Kier alpha value is -1.35. The molecular weight excluding hydrogens is 198 g/mol. The topological polar surface area (TPSA) is 31.9 Å². The molecule has 0 bridgehead atoms. The predicted octanol–water partition coefficient (Wildman–Crippen LogP) is 2.20. The number of hydrogen-bond donors (Lipinski definition) is 1. The van der Waals surface area contributed by atoms with Crippen LogP contribution in [0.4, 0.5) is 0 Å². The number of nitrogens with zero attached hydrogens (tertiary/aromatic N) is 2. The second kappa shape index (κ2) is 4.26. The van der Waals surface area contributed by atoms with Crippen LogP contribution in [0.2, 0.25) is 0 Å². The van der Waals surface area contributed by atoms with Crippen molar-refractivity contribution in [2.45, 2.75) is 19.3 Å². The average Bonchev–Trinajstić information content (AvgIpc) is 2.96. The maximum atomic E-state index is 4.32. The second-order valence-electron chi connectivity index (χ2n) is 4.52. The molecule has 0 radical (unpaired) electrons. The van der Waals surface area contributed by atoms with Gasteiger partial charge in [-0.15, -0.1) is 0 Å². The van der Waals surface area contributed by atoms with Crippen molar-refractivity contribution in [2.75, 3.05) is 19.6 Å². The average molecular weight is 215 g/mol. The molecule has 0 atom stereocenters. The fourth-order valence-corrected chi connectivity index (χ4v) is 2.48. The number of fused-ring (bicyclic) bond motifs is 1. The third-order valence-corrected chi connectivity index (χ3v) is 3.42. The Kier molecular flexibility index (Phi) is 2.62. The van der Waals surface area contributed by atoms with Gasteiger partial charge in [-0.3, -0.25) is 5.10 Å². The predicted molar refractivity (Wildman–Crippen MR) is 65.5 cm³/mol. The van der Waals surface area contributed by atoms with Crippen LogP contribution in [0.5, 0.6) is 0 Å². The van der Waals surface area contributed by atoms with E-state index in [2.05, 4.69) is 33.3 Å². The largest absolute Gasteiger partial charge is 0.303 e. The lowest BCUT2D eigenvalue weighted by atomic mass is 10.1. The molecule has 0 spiro atoms. The third-order valence-electron chi connectivity index (χ3n) is 3.42. The Morgan fingerprint density at radius 1 is 1.19 bits per heavy atom. The molecule has 3 rings (SSSR count). The van der Waals surface area contributed by atoms with Crippen molar-refractivity contribution >= 4 is 10.9 Å². The standard InChI is InChI=1S/C13H17N3/c1-2-6-12-11(5-1)13(15-14-12)7-10-16-8-3-4-9-16/h1-2,5-6H,3-4,7-10H2,(H,14,15). The number of nitrogens with one attached hydrogen (secondary N) is 1. The highest BCUT2D eigenvalue weighted by molar-refractivity contribution is 5.81. The lowest BCUT2D eigenvalue weighted by molar-refractivity contribution is 0.342. The SMILES string of the molecule is c1ccc2c(CCN3CCCC3)[nH]nc2c1. The molecule has 16 heavy (non-hydrogen) atoms. The number of rotatable bonds is 3. The summed E-state index contributed by atoms with van der Waals surface area (Å²) in [7, 11) is 0. The zero-order valence-corrected chi connectivity index (χ0v) is 9.45. The van der Waals surface area contributed by atoms with Gasteiger partial charge in [0.1, 0.15) is 0 Å². The van der Waals surface area contributed by atoms with Crippen LogP contribution < -0.4 is 0 Å². The molecular formula is C13H17N3. The van der Waals surface area contributed by atoms with Crippen LogP contribution in [0.15, 0.2) is 24.3 Å². The molecule has 2 aromatic rings. The number of aromatic amines is 1. The van der Waals surface area contributed by atoms with Gasteiger partial charge in [-0.05, 0) is 32.0 Å². The summed E-state index contributed by atoms with van der Waals surface area (Å²) in [5.74, 6) is 0. The van der Waals surface area contributed by atoms with E-state index in [1.807, 2.05) is 6.07 Å². The highest BCUT2D eigenvalue weighted by Gasteiger charge is 2.12. The summed E-state index contributed by atoms with van der Waals surface area (Å²) in [6.45, 7) is 3.70. The van der Waals surface area contributed by atoms with Crippen molar-refractivity contribution < 1.29 is 0 Å². The Morgan fingerprint density at radius 3 is 2.88 bits per heavy atom. The van der Waals surface area contributed by atoms with E-state index < -0.39 is 0 Å². The third kappa shape index (κ3) is 1.83. The minimum Gasteiger partial charge on any atom is -0.303 e. The number of benzene rings is 1. The number of hydrogen-bond acceptors (Lipinski definition) is 2. The molecule has 3 nitrogen and oxygen atoms in total. The van der Waals surface area contributed by atoms with Crippen molar-refractivity contribution in [1.82, 2.24) is 15.1 Å². The Morgan fingerprint density at radius 2 is 2.00 bits per heavy atom. The van der Waals surface area contributed by atoms with E-state index >= 15 is 0 Å². The van der Waals surface area contributed by atoms with E-state index in [0.717, 1.165) is 18.5 Å². The Balaban J connectivity index is 1.73. The van der Waals surface area contributed by atoms with Gasteiger partial charge in [-0.1, -0.05) is 18.2 Å². The zero-order chi connectivity index (χ0) is 10.8. The fraction of sp³-hybridized carbons (Fsp3) is 0.462. The van der Waals surface area contributed by atoms with E-state index in [0.29, 0.717) is 0 Å². The van der Waals surface area contributed by atoms with Crippen LogP contribution in [0.1, 0.15) is 18.5 Å². The first kappa shape index (κ1) is 9.85. The van der Waals surface area contributed by atoms with E-state index in [9.17, 15) is 0 Å². The van der Waals surface area contributed by atoms with Gasteiger partial charge < -0.3 is 4.90 Å². The maximum Gasteiger partial charge on any atom is 0.0923 e. The van der Waals surface area contributed by atoms with Gasteiger partial charge in [0, 0.05) is 24.0 Å². The van der Waals surface area contributed by atoms with Gasteiger partial charge >= 0.3 is 0 Å². The molecule has 1 aromatic heterocycles. The number of aromatic nitrogens is 2. The molecule has 2 heterocycles. The molecule has 1 N–H and O–H groups in total. The number of likely N-dealkylation sites (tertiary alicyclic amines) is 1. The first-order valence-corrected chi connectivity index (χ1v) is 6.08. The van der Waals surface area contributed by atoms with Crippen LogP contribution in [0.3, 0.4) is 0 Å². The van der Waals surface area contributed by atoms with Crippen molar-refractivity contribution in [3.8, 4) is 0 Å². The van der Waals surface area contributed by atoms with E-state index in [-0.39, 0.29) is 0 Å². The van der Waals surface area contributed by atoms with Gasteiger partial charge in [0.25, 0.3) is 0 Å². The van der Waals surface area contributed by atoms with Crippen LogP contribution in [-0.4, -0.2) is 34.7 Å². The lowest BCUT2D eigenvalue weighted by Crippen LogP contribution is -2.22. The highest BCUT2D eigenvalue weighted by Crippen LogP contribution is 2.16. The molecule has 0 unspecified atom stereocenters. The van der Waals surface area contributed by atoms with Gasteiger partial charge in [0.2, 0.25) is 0 Å². The zero-order valence-electron chi connectivity index (χ0n) is 9.45. The normalized spacial score (nSPS) is 17.2. The number of para-hydroxylation sites is 1.